The molecule has 1 atom stereocenters. The number of rotatable bonds is 7. The SMILES string of the molecule is C=C(c1ncc(C)cc1NS(=O)c1ccc(C(C)(C)C)cc1)N(C=NC)c1ccccc1. The van der Waals surface area contributed by atoms with Crippen molar-refractivity contribution < 1.29 is 4.21 Å². The summed E-state index contributed by atoms with van der Waals surface area (Å²) < 4.78 is 16.3. The number of nitrogens with one attached hydrogen (secondary N) is 1. The summed E-state index contributed by atoms with van der Waals surface area (Å²) in [6, 6.07) is 19.6. The van der Waals surface area contributed by atoms with Gasteiger partial charge >= 0.3 is 0 Å². The van der Waals surface area contributed by atoms with Gasteiger partial charge in [-0.2, -0.15) is 0 Å². The average Bonchev–Trinajstić information content (AvgIpc) is 2.77. The lowest BCUT2D eigenvalue weighted by Crippen LogP contribution is -2.21. The van der Waals surface area contributed by atoms with E-state index in [0.717, 1.165) is 11.3 Å². The number of pyridine rings is 1. The number of aromatic nitrogens is 1. The molecular formula is C26H30N4OS. The molecule has 0 bridgehead atoms. The molecule has 0 fully saturated rings. The van der Waals surface area contributed by atoms with Crippen molar-refractivity contribution in [2.45, 2.75) is 38.0 Å². The van der Waals surface area contributed by atoms with E-state index in [9.17, 15) is 4.21 Å². The van der Waals surface area contributed by atoms with Gasteiger partial charge in [0.2, 0.25) is 0 Å². The van der Waals surface area contributed by atoms with Crippen LogP contribution in [0, 0.1) is 6.92 Å². The minimum absolute atomic E-state index is 0.0422. The Morgan fingerprint density at radius 2 is 1.78 bits per heavy atom. The van der Waals surface area contributed by atoms with Gasteiger partial charge in [0, 0.05) is 18.9 Å². The van der Waals surface area contributed by atoms with Crippen LogP contribution in [0.15, 0.2) is 83.3 Å². The van der Waals surface area contributed by atoms with E-state index in [0.29, 0.717) is 22.0 Å². The van der Waals surface area contributed by atoms with Crippen molar-refractivity contribution in [1.29, 1.82) is 0 Å². The van der Waals surface area contributed by atoms with Crippen molar-refractivity contribution in [2.75, 3.05) is 16.7 Å². The summed E-state index contributed by atoms with van der Waals surface area (Å²) in [6.45, 7) is 12.7. The number of aliphatic imine (C=N–C) groups is 1. The van der Waals surface area contributed by atoms with E-state index < -0.39 is 11.0 Å². The standard InChI is InChI=1S/C26H30N4OS/c1-19-16-24(29-32(31)23-14-12-21(13-15-23)26(3,4)5)25(28-17-19)20(2)30(18-27-6)22-10-8-7-9-11-22/h7-18,29H,2H2,1,3-6H3. The molecule has 6 heteroatoms. The highest BCUT2D eigenvalue weighted by Gasteiger charge is 2.18. The summed E-state index contributed by atoms with van der Waals surface area (Å²) in [5.41, 5.74) is 5.00. The molecule has 1 unspecified atom stereocenters. The Morgan fingerprint density at radius 3 is 2.38 bits per heavy atom. The van der Waals surface area contributed by atoms with E-state index in [1.807, 2.05) is 72.5 Å². The highest BCUT2D eigenvalue weighted by atomic mass is 32.2. The fourth-order valence-corrected chi connectivity index (χ4v) is 4.08. The topological polar surface area (TPSA) is 57.6 Å². The second kappa shape index (κ2) is 9.92. The molecule has 3 rings (SSSR count). The molecule has 0 radical (unpaired) electrons. The normalized spacial score (nSPS) is 12.5. The Labute approximate surface area is 193 Å². The summed E-state index contributed by atoms with van der Waals surface area (Å²) in [7, 11) is 0.260. The summed E-state index contributed by atoms with van der Waals surface area (Å²) in [5.74, 6) is 0. The van der Waals surface area contributed by atoms with Crippen LogP contribution in [0.3, 0.4) is 0 Å². The maximum atomic E-state index is 13.1. The third-order valence-electron chi connectivity index (χ3n) is 4.99. The molecule has 0 amide bonds. The molecule has 1 aromatic heterocycles. The van der Waals surface area contributed by atoms with Crippen LogP contribution in [0.1, 0.15) is 37.6 Å². The molecule has 1 heterocycles. The number of benzene rings is 2. The number of para-hydroxylation sites is 1. The number of hydrogen-bond acceptors (Lipinski definition) is 3. The first kappa shape index (κ1) is 23.4. The first-order valence-electron chi connectivity index (χ1n) is 10.4. The highest BCUT2D eigenvalue weighted by Crippen LogP contribution is 2.29. The molecule has 0 saturated carbocycles. The van der Waals surface area contributed by atoms with Gasteiger partial charge in [0.1, 0.15) is 16.7 Å². The first-order chi connectivity index (χ1) is 15.2. The molecule has 1 N–H and O–H groups in total. The molecule has 166 valence electrons. The van der Waals surface area contributed by atoms with Crippen molar-refractivity contribution >= 4 is 34.4 Å². The van der Waals surface area contributed by atoms with Crippen LogP contribution in [-0.2, 0) is 16.4 Å². The number of aryl methyl sites for hydroxylation is 1. The van der Waals surface area contributed by atoms with E-state index in [1.165, 1.54) is 5.56 Å². The van der Waals surface area contributed by atoms with E-state index in [4.69, 9.17) is 0 Å². The molecule has 0 spiro atoms. The van der Waals surface area contributed by atoms with Gasteiger partial charge in [0.15, 0.2) is 0 Å². The maximum Gasteiger partial charge on any atom is 0.150 e. The van der Waals surface area contributed by atoms with Gasteiger partial charge < -0.3 is 0 Å². The zero-order chi connectivity index (χ0) is 23.3. The van der Waals surface area contributed by atoms with Crippen LogP contribution in [0.4, 0.5) is 11.4 Å². The van der Waals surface area contributed by atoms with Crippen molar-refractivity contribution in [1.82, 2.24) is 4.98 Å². The van der Waals surface area contributed by atoms with Gasteiger partial charge in [0.25, 0.3) is 0 Å². The third kappa shape index (κ3) is 5.51. The average molecular weight is 447 g/mol. The van der Waals surface area contributed by atoms with Crippen molar-refractivity contribution in [2.24, 2.45) is 4.99 Å². The van der Waals surface area contributed by atoms with E-state index in [-0.39, 0.29) is 5.41 Å². The van der Waals surface area contributed by atoms with Gasteiger partial charge in [-0.15, -0.1) is 0 Å². The number of anilines is 2. The van der Waals surface area contributed by atoms with Crippen LogP contribution >= 0.6 is 0 Å². The Kier molecular flexibility index (Phi) is 7.26. The Balaban J connectivity index is 1.92. The zero-order valence-electron chi connectivity index (χ0n) is 19.3. The predicted octanol–water partition coefficient (Wildman–Crippen LogP) is 5.96. The maximum absolute atomic E-state index is 13.1. The lowest BCUT2D eigenvalue weighted by molar-refractivity contribution is 0.589. The lowest BCUT2D eigenvalue weighted by atomic mass is 9.87. The molecular weight excluding hydrogens is 416 g/mol. The molecule has 32 heavy (non-hydrogen) atoms. The van der Waals surface area contributed by atoms with Crippen LogP contribution in [-0.4, -0.2) is 22.6 Å². The quantitative estimate of drug-likeness (QED) is 0.360. The monoisotopic (exact) mass is 446 g/mol. The Hall–Kier alpha value is -3.25. The van der Waals surface area contributed by atoms with Crippen LogP contribution in [0.5, 0.6) is 0 Å². The van der Waals surface area contributed by atoms with Crippen LogP contribution < -0.4 is 9.62 Å². The molecule has 2 aromatic carbocycles. The number of hydrogen-bond donors (Lipinski definition) is 1. The van der Waals surface area contributed by atoms with E-state index >= 15 is 0 Å². The number of nitrogens with zero attached hydrogens (tertiary/aromatic N) is 3. The Morgan fingerprint density at radius 1 is 1.12 bits per heavy atom. The third-order valence-corrected chi connectivity index (χ3v) is 6.10. The summed E-state index contributed by atoms with van der Waals surface area (Å²) in [4.78, 5) is 11.3. The molecule has 5 nitrogen and oxygen atoms in total. The van der Waals surface area contributed by atoms with Crippen molar-refractivity contribution in [3.63, 3.8) is 0 Å². The van der Waals surface area contributed by atoms with Gasteiger partial charge in [-0.25, -0.2) is 4.21 Å². The van der Waals surface area contributed by atoms with E-state index in [1.54, 1.807) is 19.6 Å². The van der Waals surface area contributed by atoms with Gasteiger partial charge in [0.05, 0.1) is 22.6 Å². The molecule has 0 aliphatic carbocycles. The summed E-state index contributed by atoms with van der Waals surface area (Å²) in [6.07, 6.45) is 3.48. The smallest absolute Gasteiger partial charge is 0.150 e. The van der Waals surface area contributed by atoms with Crippen LogP contribution in [0.2, 0.25) is 0 Å². The molecule has 0 aliphatic rings. The van der Waals surface area contributed by atoms with Crippen molar-refractivity contribution in [3.8, 4) is 0 Å². The first-order valence-corrected chi connectivity index (χ1v) is 11.6. The fourth-order valence-electron chi connectivity index (χ4n) is 3.22. The van der Waals surface area contributed by atoms with Crippen LogP contribution in [0.25, 0.3) is 5.70 Å². The highest BCUT2D eigenvalue weighted by molar-refractivity contribution is 7.86. The minimum atomic E-state index is -1.45. The van der Waals surface area contributed by atoms with E-state index in [2.05, 4.69) is 42.0 Å². The summed E-state index contributed by atoms with van der Waals surface area (Å²) >= 11 is 0. The van der Waals surface area contributed by atoms with Crippen molar-refractivity contribution in [3.05, 3.63) is 90.3 Å². The molecule has 3 aromatic rings. The molecule has 0 aliphatic heterocycles. The van der Waals surface area contributed by atoms with Gasteiger partial charge in [-0.3, -0.25) is 19.6 Å². The second-order valence-electron chi connectivity index (χ2n) is 8.58. The predicted molar refractivity (Wildman–Crippen MR) is 137 cm³/mol. The van der Waals surface area contributed by atoms with Gasteiger partial charge in [-0.1, -0.05) is 57.7 Å². The summed E-state index contributed by atoms with van der Waals surface area (Å²) in [5, 5.41) is 0. The Bertz CT molecular complexity index is 1130. The second-order valence-corrected chi connectivity index (χ2v) is 9.79. The minimum Gasteiger partial charge on any atom is -0.300 e. The lowest BCUT2D eigenvalue weighted by Gasteiger charge is -2.23. The van der Waals surface area contributed by atoms with Gasteiger partial charge in [-0.05, 0) is 53.8 Å². The molecule has 0 saturated heterocycles. The fraction of sp³-hybridized carbons (Fsp3) is 0.231. The largest absolute Gasteiger partial charge is 0.300 e. The zero-order valence-corrected chi connectivity index (χ0v) is 20.1.